The quantitative estimate of drug-likeness (QED) is 0.627. The van der Waals surface area contributed by atoms with Crippen molar-refractivity contribution < 1.29 is 38.7 Å². The Morgan fingerprint density at radius 3 is 2.63 bits per heavy atom. The van der Waals surface area contributed by atoms with E-state index in [0.29, 0.717) is 16.3 Å². The lowest BCUT2D eigenvalue weighted by molar-refractivity contribution is -0.256. The second kappa shape index (κ2) is 7.41. The molecule has 0 spiro atoms. The maximum Gasteiger partial charge on any atom is 0.372 e. The highest BCUT2D eigenvalue weighted by Crippen LogP contribution is 2.34. The zero-order valence-electron chi connectivity index (χ0n) is 15.9. The van der Waals surface area contributed by atoms with Crippen LogP contribution in [0.15, 0.2) is 35.5 Å². The monoisotopic (exact) mass is 417 g/mol. The number of esters is 1. The molecule has 4 rings (SSSR count). The van der Waals surface area contributed by atoms with E-state index >= 15 is 0 Å². The summed E-state index contributed by atoms with van der Waals surface area (Å²) in [5, 5.41) is 16.6. The standard InChI is InChI=1S/C19H19N3O8/c1-10-14(15(21-30-10)11-5-3-2-4-6-11)16(24)20-12-9-28-22(17(12)25)19(18(26)27)8-7-13(23)29-19/h2-6,10,12,14H,7-9H2,1H3,(H,20,24)(H,26,27)/t10?,12-,14?,19?/m0/s1. The van der Waals surface area contributed by atoms with Gasteiger partial charge in [-0.2, -0.15) is 5.06 Å². The SMILES string of the molecule is CC1ON=C(c2ccccc2)C1C(=O)N[C@H]1CON(C2(C(=O)O)CCC(=O)O2)C1=O. The molecule has 1 aromatic carbocycles. The van der Waals surface area contributed by atoms with Gasteiger partial charge >= 0.3 is 17.7 Å². The highest BCUT2D eigenvalue weighted by atomic mass is 16.7. The number of benzene rings is 1. The van der Waals surface area contributed by atoms with Gasteiger partial charge in [-0.05, 0) is 6.92 Å². The van der Waals surface area contributed by atoms with Gasteiger partial charge in [0.1, 0.15) is 30.4 Å². The van der Waals surface area contributed by atoms with Crippen molar-refractivity contribution in [2.24, 2.45) is 11.1 Å². The number of cyclic esters (lactones) is 1. The van der Waals surface area contributed by atoms with Crippen LogP contribution in [0.1, 0.15) is 25.3 Å². The van der Waals surface area contributed by atoms with E-state index < -0.39 is 47.5 Å². The third-order valence-electron chi connectivity index (χ3n) is 5.23. The van der Waals surface area contributed by atoms with Crippen LogP contribution in [0.3, 0.4) is 0 Å². The topological polar surface area (TPSA) is 144 Å². The number of carboxylic acids is 1. The highest BCUT2D eigenvalue weighted by Gasteiger charge is 2.59. The normalized spacial score (nSPS) is 30.6. The van der Waals surface area contributed by atoms with Crippen LogP contribution < -0.4 is 5.32 Å². The fourth-order valence-electron chi connectivity index (χ4n) is 3.67. The minimum atomic E-state index is -2.23. The van der Waals surface area contributed by atoms with Crippen molar-refractivity contribution in [3.63, 3.8) is 0 Å². The Bertz CT molecular complexity index is 933. The van der Waals surface area contributed by atoms with Gasteiger partial charge in [0, 0.05) is 12.0 Å². The van der Waals surface area contributed by atoms with Gasteiger partial charge in [0.05, 0.1) is 6.42 Å². The van der Waals surface area contributed by atoms with Crippen LogP contribution in [0.5, 0.6) is 0 Å². The molecule has 2 fully saturated rings. The number of hydroxylamine groups is 2. The number of hydrogen-bond donors (Lipinski definition) is 2. The van der Waals surface area contributed by atoms with Crippen molar-refractivity contribution >= 4 is 29.5 Å². The van der Waals surface area contributed by atoms with Gasteiger partial charge in [-0.1, -0.05) is 35.5 Å². The first kappa shape index (κ1) is 19.8. The molecule has 2 N–H and O–H groups in total. The number of carbonyl (C=O) groups is 4. The predicted molar refractivity (Wildman–Crippen MR) is 97.4 cm³/mol. The average Bonchev–Trinajstić information content (AvgIpc) is 3.41. The number of amides is 2. The molecule has 0 aromatic heterocycles. The van der Waals surface area contributed by atoms with Crippen molar-refractivity contribution in [2.75, 3.05) is 6.61 Å². The summed E-state index contributed by atoms with van der Waals surface area (Å²) in [6.45, 7) is 1.39. The number of nitrogens with one attached hydrogen (secondary N) is 1. The molecular weight excluding hydrogens is 398 g/mol. The van der Waals surface area contributed by atoms with Crippen LogP contribution in [0, 0.1) is 5.92 Å². The molecule has 0 saturated carbocycles. The Balaban J connectivity index is 1.49. The maximum absolute atomic E-state index is 12.9. The molecule has 0 bridgehead atoms. The first-order valence-electron chi connectivity index (χ1n) is 9.35. The van der Waals surface area contributed by atoms with Crippen LogP contribution in [0.25, 0.3) is 0 Å². The molecule has 0 aliphatic carbocycles. The first-order valence-corrected chi connectivity index (χ1v) is 9.35. The van der Waals surface area contributed by atoms with Crippen molar-refractivity contribution in [1.29, 1.82) is 0 Å². The Morgan fingerprint density at radius 2 is 2.00 bits per heavy atom. The second-order valence-electron chi connectivity index (χ2n) is 7.18. The summed E-state index contributed by atoms with van der Waals surface area (Å²) >= 11 is 0. The minimum absolute atomic E-state index is 0.162. The number of hydrogen-bond acceptors (Lipinski definition) is 8. The number of carboxylic acid groups (broad SMARTS) is 1. The molecule has 0 radical (unpaired) electrons. The molecule has 3 aliphatic heterocycles. The molecular formula is C19H19N3O8. The van der Waals surface area contributed by atoms with Gasteiger partial charge in [0.15, 0.2) is 0 Å². The van der Waals surface area contributed by atoms with Crippen LogP contribution in [0.4, 0.5) is 0 Å². The second-order valence-corrected chi connectivity index (χ2v) is 7.18. The molecule has 11 nitrogen and oxygen atoms in total. The van der Waals surface area contributed by atoms with Crippen molar-refractivity contribution in [3.05, 3.63) is 35.9 Å². The maximum atomic E-state index is 12.9. The fourth-order valence-corrected chi connectivity index (χ4v) is 3.67. The van der Waals surface area contributed by atoms with Crippen molar-refractivity contribution in [3.8, 4) is 0 Å². The third kappa shape index (κ3) is 3.16. The molecule has 11 heteroatoms. The minimum Gasteiger partial charge on any atom is -0.477 e. The summed E-state index contributed by atoms with van der Waals surface area (Å²) in [5.74, 6) is -4.37. The number of rotatable bonds is 5. The third-order valence-corrected chi connectivity index (χ3v) is 5.23. The number of carbonyl (C=O) groups excluding carboxylic acids is 3. The molecule has 158 valence electrons. The van der Waals surface area contributed by atoms with Gasteiger partial charge in [-0.25, -0.2) is 4.79 Å². The Morgan fingerprint density at radius 1 is 1.27 bits per heavy atom. The van der Waals surface area contributed by atoms with Crippen LogP contribution in [-0.4, -0.2) is 64.1 Å². The van der Waals surface area contributed by atoms with E-state index in [1.54, 1.807) is 31.2 Å². The summed E-state index contributed by atoms with van der Waals surface area (Å²) in [5.41, 5.74) is -1.09. The number of ether oxygens (including phenoxy) is 1. The smallest absolute Gasteiger partial charge is 0.372 e. The molecule has 1 aromatic rings. The van der Waals surface area contributed by atoms with Gasteiger partial charge in [-0.15, -0.1) is 0 Å². The molecule has 2 saturated heterocycles. The van der Waals surface area contributed by atoms with Crippen molar-refractivity contribution in [1.82, 2.24) is 10.4 Å². The largest absolute Gasteiger partial charge is 0.477 e. The molecule has 3 heterocycles. The van der Waals surface area contributed by atoms with Crippen LogP contribution in [0.2, 0.25) is 0 Å². The number of nitrogens with zero attached hydrogens (tertiary/aromatic N) is 2. The van der Waals surface area contributed by atoms with E-state index in [1.165, 1.54) is 0 Å². The molecule has 2 amide bonds. The van der Waals surface area contributed by atoms with Gasteiger partial charge in [0.2, 0.25) is 5.91 Å². The van der Waals surface area contributed by atoms with E-state index in [9.17, 15) is 24.3 Å². The van der Waals surface area contributed by atoms with E-state index in [0.717, 1.165) is 0 Å². The fraction of sp³-hybridized carbons (Fsp3) is 0.421. The summed E-state index contributed by atoms with van der Waals surface area (Å²) in [7, 11) is 0. The molecule has 3 aliphatic rings. The summed E-state index contributed by atoms with van der Waals surface area (Å²) in [4.78, 5) is 59.4. The predicted octanol–water partition coefficient (Wildman–Crippen LogP) is -0.198. The first-order chi connectivity index (χ1) is 14.3. The lowest BCUT2D eigenvalue weighted by Crippen LogP contribution is -2.57. The molecule has 3 unspecified atom stereocenters. The number of aliphatic carboxylic acids is 1. The van der Waals surface area contributed by atoms with Gasteiger partial charge < -0.3 is 20.0 Å². The Labute approximate surface area is 170 Å². The summed E-state index contributed by atoms with van der Waals surface area (Å²) in [6.07, 6.45) is -0.967. The lowest BCUT2D eigenvalue weighted by atomic mass is 9.92. The molecule has 30 heavy (non-hydrogen) atoms. The van der Waals surface area contributed by atoms with E-state index in [4.69, 9.17) is 14.4 Å². The summed E-state index contributed by atoms with van der Waals surface area (Å²) in [6, 6.07) is 7.87. The van der Waals surface area contributed by atoms with Gasteiger partial charge in [0.25, 0.3) is 5.91 Å². The average molecular weight is 417 g/mol. The zero-order valence-corrected chi connectivity index (χ0v) is 15.9. The van der Waals surface area contributed by atoms with Crippen LogP contribution in [-0.2, 0) is 33.6 Å². The van der Waals surface area contributed by atoms with E-state index in [-0.39, 0.29) is 19.4 Å². The molecule has 4 atom stereocenters. The lowest BCUT2D eigenvalue weighted by Gasteiger charge is -2.30. The van der Waals surface area contributed by atoms with Crippen LogP contribution >= 0.6 is 0 Å². The Kier molecular flexibility index (Phi) is 4.90. The number of oxime groups is 1. The van der Waals surface area contributed by atoms with Gasteiger partial charge in [-0.3, -0.25) is 19.2 Å². The zero-order chi connectivity index (χ0) is 21.5. The Hall–Kier alpha value is -3.47. The summed E-state index contributed by atoms with van der Waals surface area (Å²) < 4.78 is 4.90. The van der Waals surface area contributed by atoms with Crippen molar-refractivity contribution in [2.45, 2.75) is 37.6 Å². The van der Waals surface area contributed by atoms with E-state index in [2.05, 4.69) is 10.5 Å². The van der Waals surface area contributed by atoms with E-state index in [1.807, 2.05) is 6.07 Å². The highest BCUT2D eigenvalue weighted by molar-refractivity contribution is 6.14.